The molecule has 0 saturated carbocycles. The molecule has 1 heteroatoms. The Hall–Kier alpha value is -0.0400. The zero-order valence-electron chi connectivity index (χ0n) is 25.4. The highest BCUT2D eigenvalue weighted by Gasteiger charge is 2.05. The van der Waals surface area contributed by atoms with Crippen LogP contribution in [0.5, 0.6) is 0 Å². The van der Waals surface area contributed by atoms with E-state index in [1.807, 2.05) is 0 Å². The fourth-order valence-electron chi connectivity index (χ4n) is 5.45. The van der Waals surface area contributed by atoms with Crippen molar-refractivity contribution in [1.82, 2.24) is 4.90 Å². The zero-order chi connectivity index (χ0) is 25.5. The van der Waals surface area contributed by atoms with Gasteiger partial charge in [-0.1, -0.05) is 181 Å². The van der Waals surface area contributed by atoms with Crippen molar-refractivity contribution in [2.75, 3.05) is 19.6 Å². The van der Waals surface area contributed by atoms with Gasteiger partial charge in [0.2, 0.25) is 0 Å². The largest absolute Gasteiger partial charge is 0.303 e. The Labute approximate surface area is 225 Å². The molecule has 0 amide bonds. The van der Waals surface area contributed by atoms with Gasteiger partial charge in [-0.25, -0.2) is 0 Å². The van der Waals surface area contributed by atoms with E-state index in [1.165, 1.54) is 199 Å². The molecule has 0 radical (unpaired) electrons. The SMILES string of the molecule is CCCCCCCCCCCCCCN(CCCCCCCCCC)CCCCCCCCCC. The molecule has 0 N–H and O–H groups in total. The average molecular weight is 494 g/mol. The van der Waals surface area contributed by atoms with Crippen LogP contribution in [0.1, 0.15) is 201 Å². The van der Waals surface area contributed by atoms with Gasteiger partial charge in [-0.2, -0.15) is 0 Å². The van der Waals surface area contributed by atoms with Gasteiger partial charge in [-0.15, -0.1) is 0 Å². The van der Waals surface area contributed by atoms with Crippen molar-refractivity contribution in [3.63, 3.8) is 0 Å². The Morgan fingerprint density at radius 2 is 0.400 bits per heavy atom. The van der Waals surface area contributed by atoms with Gasteiger partial charge >= 0.3 is 0 Å². The molecule has 0 bridgehead atoms. The lowest BCUT2D eigenvalue weighted by molar-refractivity contribution is 0.254. The second-order valence-corrected chi connectivity index (χ2v) is 11.7. The first-order valence-electron chi connectivity index (χ1n) is 17.1. The summed E-state index contributed by atoms with van der Waals surface area (Å²) in [6.45, 7) is 11.0. The number of rotatable bonds is 31. The van der Waals surface area contributed by atoms with Crippen LogP contribution in [-0.2, 0) is 0 Å². The third-order valence-corrected chi connectivity index (χ3v) is 7.98. The predicted molar refractivity (Wildman–Crippen MR) is 163 cm³/mol. The summed E-state index contributed by atoms with van der Waals surface area (Å²) in [6.07, 6.45) is 40.6. The summed E-state index contributed by atoms with van der Waals surface area (Å²) in [5.74, 6) is 0. The van der Waals surface area contributed by atoms with Gasteiger partial charge in [0, 0.05) is 0 Å². The molecule has 0 rings (SSSR count). The molecule has 0 aromatic rings. The molecular formula is C34H71N. The summed E-state index contributed by atoms with van der Waals surface area (Å²) in [5, 5.41) is 0. The van der Waals surface area contributed by atoms with E-state index in [0.29, 0.717) is 0 Å². The molecule has 0 saturated heterocycles. The molecule has 0 aliphatic carbocycles. The van der Waals surface area contributed by atoms with Crippen LogP contribution in [0.2, 0.25) is 0 Å². The minimum absolute atomic E-state index is 1.36. The Morgan fingerprint density at radius 1 is 0.229 bits per heavy atom. The lowest BCUT2D eigenvalue weighted by atomic mass is 10.0. The third kappa shape index (κ3) is 30.1. The molecule has 212 valence electrons. The van der Waals surface area contributed by atoms with Crippen LogP contribution in [0, 0.1) is 0 Å². The van der Waals surface area contributed by atoms with E-state index in [2.05, 4.69) is 25.7 Å². The van der Waals surface area contributed by atoms with Crippen molar-refractivity contribution in [3.8, 4) is 0 Å². The molecule has 0 aromatic heterocycles. The normalized spacial score (nSPS) is 11.7. The van der Waals surface area contributed by atoms with Crippen LogP contribution in [-0.4, -0.2) is 24.5 Å². The maximum atomic E-state index is 2.84. The molecule has 35 heavy (non-hydrogen) atoms. The molecule has 0 heterocycles. The summed E-state index contributed by atoms with van der Waals surface area (Å²) >= 11 is 0. The Balaban J connectivity index is 3.81. The van der Waals surface area contributed by atoms with Gasteiger partial charge < -0.3 is 4.90 Å². The molecule has 0 aromatic carbocycles. The van der Waals surface area contributed by atoms with Crippen molar-refractivity contribution < 1.29 is 0 Å². The number of hydrogen-bond acceptors (Lipinski definition) is 1. The lowest BCUT2D eigenvalue weighted by Crippen LogP contribution is -2.27. The minimum atomic E-state index is 1.36. The van der Waals surface area contributed by atoms with Gasteiger partial charge in [-0.05, 0) is 38.9 Å². The first kappa shape index (κ1) is 35.0. The van der Waals surface area contributed by atoms with E-state index >= 15 is 0 Å². The molecule has 1 nitrogen and oxygen atoms in total. The Bertz CT molecular complexity index is 332. The molecular weight excluding hydrogens is 422 g/mol. The summed E-state index contributed by atoms with van der Waals surface area (Å²) in [5.41, 5.74) is 0. The highest BCUT2D eigenvalue weighted by Crippen LogP contribution is 2.14. The maximum absolute atomic E-state index is 2.84. The predicted octanol–water partition coefficient (Wildman–Crippen LogP) is 12.3. The Kier molecular flexibility index (Phi) is 32.0. The smallest absolute Gasteiger partial charge is 0.00187 e. The second-order valence-electron chi connectivity index (χ2n) is 11.7. The van der Waals surface area contributed by atoms with E-state index in [0.717, 1.165) is 0 Å². The summed E-state index contributed by atoms with van der Waals surface area (Å²) in [7, 11) is 0. The standard InChI is InChI=1S/C34H71N/c1-4-7-10-13-16-19-20-21-22-25-28-31-34-35(32-29-26-23-17-14-11-8-5-2)33-30-27-24-18-15-12-9-6-3/h4-34H2,1-3H3. The van der Waals surface area contributed by atoms with Crippen LogP contribution >= 0.6 is 0 Å². The molecule has 0 spiro atoms. The topological polar surface area (TPSA) is 3.24 Å². The maximum Gasteiger partial charge on any atom is -0.00187 e. The van der Waals surface area contributed by atoms with E-state index in [4.69, 9.17) is 0 Å². The highest BCUT2D eigenvalue weighted by molar-refractivity contribution is 4.61. The summed E-state index contributed by atoms with van der Waals surface area (Å²) in [6, 6.07) is 0. The van der Waals surface area contributed by atoms with Crippen LogP contribution in [0.15, 0.2) is 0 Å². The quantitative estimate of drug-likeness (QED) is 0.0867. The second kappa shape index (κ2) is 32.0. The fourth-order valence-corrected chi connectivity index (χ4v) is 5.45. The highest BCUT2D eigenvalue weighted by atomic mass is 15.1. The summed E-state index contributed by atoms with van der Waals surface area (Å²) < 4.78 is 0. The van der Waals surface area contributed by atoms with Crippen LogP contribution < -0.4 is 0 Å². The molecule has 0 aliphatic heterocycles. The average Bonchev–Trinajstić information content (AvgIpc) is 2.87. The van der Waals surface area contributed by atoms with E-state index in [-0.39, 0.29) is 0 Å². The van der Waals surface area contributed by atoms with Crippen molar-refractivity contribution in [1.29, 1.82) is 0 Å². The van der Waals surface area contributed by atoms with Crippen molar-refractivity contribution in [2.45, 2.75) is 201 Å². The third-order valence-electron chi connectivity index (χ3n) is 7.98. The van der Waals surface area contributed by atoms with Gasteiger partial charge in [0.1, 0.15) is 0 Å². The van der Waals surface area contributed by atoms with Gasteiger partial charge in [0.15, 0.2) is 0 Å². The van der Waals surface area contributed by atoms with Crippen LogP contribution in [0.3, 0.4) is 0 Å². The van der Waals surface area contributed by atoms with E-state index in [1.54, 1.807) is 0 Å². The first-order valence-corrected chi connectivity index (χ1v) is 17.1. The lowest BCUT2D eigenvalue weighted by Gasteiger charge is -2.22. The number of unbranched alkanes of at least 4 members (excludes halogenated alkanes) is 25. The van der Waals surface area contributed by atoms with E-state index < -0.39 is 0 Å². The monoisotopic (exact) mass is 494 g/mol. The molecule has 0 fully saturated rings. The van der Waals surface area contributed by atoms with Crippen LogP contribution in [0.25, 0.3) is 0 Å². The molecule has 0 unspecified atom stereocenters. The number of nitrogens with zero attached hydrogens (tertiary/aromatic N) is 1. The van der Waals surface area contributed by atoms with Crippen molar-refractivity contribution >= 4 is 0 Å². The Morgan fingerprint density at radius 3 is 0.600 bits per heavy atom. The van der Waals surface area contributed by atoms with Gasteiger partial charge in [0.25, 0.3) is 0 Å². The zero-order valence-corrected chi connectivity index (χ0v) is 25.4. The summed E-state index contributed by atoms with van der Waals surface area (Å²) in [4.78, 5) is 2.84. The minimum Gasteiger partial charge on any atom is -0.303 e. The molecule has 0 aliphatic rings. The fraction of sp³-hybridized carbons (Fsp3) is 1.00. The number of hydrogen-bond donors (Lipinski definition) is 0. The van der Waals surface area contributed by atoms with Crippen molar-refractivity contribution in [2.24, 2.45) is 0 Å². The first-order chi connectivity index (χ1) is 17.3. The molecule has 0 atom stereocenters. The van der Waals surface area contributed by atoms with E-state index in [9.17, 15) is 0 Å². The van der Waals surface area contributed by atoms with Gasteiger partial charge in [-0.3, -0.25) is 0 Å². The van der Waals surface area contributed by atoms with Gasteiger partial charge in [0.05, 0.1) is 0 Å². The van der Waals surface area contributed by atoms with Crippen molar-refractivity contribution in [3.05, 3.63) is 0 Å². The van der Waals surface area contributed by atoms with Crippen LogP contribution in [0.4, 0.5) is 0 Å².